The molecule has 0 heterocycles. The molecular weight excluding hydrogens is 300 g/mol. The van der Waals surface area contributed by atoms with E-state index in [2.05, 4.69) is 29.4 Å². The van der Waals surface area contributed by atoms with E-state index in [-0.39, 0.29) is 16.9 Å². The molecule has 0 aliphatic heterocycles. The summed E-state index contributed by atoms with van der Waals surface area (Å²) in [5, 5.41) is 15.3. The highest BCUT2D eigenvalue weighted by molar-refractivity contribution is 5.97. The van der Waals surface area contributed by atoms with E-state index in [0.717, 1.165) is 12.1 Å². The Morgan fingerprint density at radius 3 is 2.38 bits per heavy atom. The molecule has 0 aliphatic carbocycles. The van der Waals surface area contributed by atoms with Crippen molar-refractivity contribution in [3.63, 3.8) is 0 Å². The monoisotopic (exact) mass is 328 g/mol. The number of carbonyl (C=O) groups is 1. The van der Waals surface area contributed by atoms with E-state index in [9.17, 15) is 10.1 Å². The molecule has 1 amide bonds. The summed E-state index contributed by atoms with van der Waals surface area (Å²) in [4.78, 5) is 14.4. The van der Waals surface area contributed by atoms with Gasteiger partial charge in [-0.1, -0.05) is 44.2 Å². The summed E-state index contributed by atoms with van der Waals surface area (Å²) in [6.07, 6.45) is 0. The van der Waals surface area contributed by atoms with Gasteiger partial charge in [0.05, 0.1) is 0 Å². The van der Waals surface area contributed by atoms with Gasteiger partial charge in [-0.05, 0) is 32.0 Å². The first-order valence-electron chi connectivity index (χ1n) is 8.07. The van der Waals surface area contributed by atoms with E-state index in [1.165, 1.54) is 0 Å². The van der Waals surface area contributed by atoms with Gasteiger partial charge in [-0.3, -0.25) is 4.79 Å². The topological polar surface area (TPSA) is 68.2 Å². The van der Waals surface area contributed by atoms with Crippen LogP contribution in [0.5, 0.6) is 0 Å². The number of hydrogen-bond donors (Lipinski definition) is 2. The summed E-state index contributed by atoms with van der Waals surface area (Å²) in [5.41, 5.74) is 1.77. The molecule has 0 unspecified atom stereocenters. The van der Waals surface area contributed by atoms with Gasteiger partial charge < -0.3 is 15.5 Å². The smallest absolute Gasteiger partial charge is 0.263 e. The third-order valence-corrected chi connectivity index (χ3v) is 3.59. The van der Waals surface area contributed by atoms with Crippen molar-refractivity contribution < 1.29 is 4.79 Å². The van der Waals surface area contributed by atoms with Gasteiger partial charge in [0.25, 0.3) is 5.91 Å². The van der Waals surface area contributed by atoms with E-state index in [1.54, 1.807) is 6.92 Å². The SMILES string of the molecule is C/C(NCC(C)(C)CN(C)C)=C(/C#N)C(=O)NCc1ccccc1. The quantitative estimate of drug-likeness (QED) is 0.567. The first kappa shape index (κ1) is 19.7. The number of allylic oxidation sites excluding steroid dienone is 1. The zero-order valence-electron chi connectivity index (χ0n) is 15.3. The number of nitrogens with one attached hydrogen (secondary N) is 2. The molecule has 0 spiro atoms. The molecule has 130 valence electrons. The van der Waals surface area contributed by atoms with Gasteiger partial charge in [0, 0.05) is 25.3 Å². The average Bonchev–Trinajstić information content (AvgIpc) is 2.51. The lowest BCUT2D eigenvalue weighted by Crippen LogP contribution is -2.38. The Hall–Kier alpha value is -2.32. The number of carbonyl (C=O) groups excluding carboxylic acids is 1. The lowest BCUT2D eigenvalue weighted by molar-refractivity contribution is -0.117. The molecule has 0 fully saturated rings. The van der Waals surface area contributed by atoms with Crippen LogP contribution in [0.1, 0.15) is 26.3 Å². The fourth-order valence-corrected chi connectivity index (χ4v) is 2.54. The highest BCUT2D eigenvalue weighted by Gasteiger charge is 2.20. The van der Waals surface area contributed by atoms with Crippen LogP contribution in [0.2, 0.25) is 0 Å². The minimum Gasteiger partial charge on any atom is -0.387 e. The summed E-state index contributed by atoms with van der Waals surface area (Å²) in [6.45, 7) is 8.07. The number of benzene rings is 1. The van der Waals surface area contributed by atoms with Crippen LogP contribution < -0.4 is 10.6 Å². The molecule has 0 saturated carbocycles. The minimum absolute atomic E-state index is 0.0336. The molecule has 1 aromatic rings. The minimum atomic E-state index is -0.350. The molecule has 5 nitrogen and oxygen atoms in total. The van der Waals surface area contributed by atoms with Gasteiger partial charge in [0.15, 0.2) is 0 Å². The number of nitrogens with zero attached hydrogens (tertiary/aromatic N) is 2. The molecule has 0 atom stereocenters. The van der Waals surface area contributed by atoms with Crippen molar-refractivity contribution in [2.24, 2.45) is 5.41 Å². The van der Waals surface area contributed by atoms with Crippen molar-refractivity contribution in [1.29, 1.82) is 5.26 Å². The third kappa shape index (κ3) is 6.84. The first-order valence-corrected chi connectivity index (χ1v) is 8.07. The van der Waals surface area contributed by atoms with Gasteiger partial charge in [-0.25, -0.2) is 0 Å². The van der Waals surface area contributed by atoms with Crippen LogP contribution in [0.25, 0.3) is 0 Å². The lowest BCUT2D eigenvalue weighted by Gasteiger charge is -2.29. The first-order chi connectivity index (χ1) is 11.2. The molecule has 0 aliphatic rings. The summed E-state index contributed by atoms with van der Waals surface area (Å²) in [7, 11) is 4.06. The fourth-order valence-electron chi connectivity index (χ4n) is 2.54. The zero-order chi connectivity index (χ0) is 18.2. The van der Waals surface area contributed by atoms with E-state index in [4.69, 9.17) is 0 Å². The Labute approximate surface area is 145 Å². The van der Waals surface area contributed by atoms with Crippen molar-refractivity contribution in [1.82, 2.24) is 15.5 Å². The molecular formula is C19H28N4O. The van der Waals surface area contributed by atoms with Crippen molar-refractivity contribution in [3.8, 4) is 6.07 Å². The molecule has 2 N–H and O–H groups in total. The van der Waals surface area contributed by atoms with Crippen LogP contribution in [-0.4, -0.2) is 38.0 Å². The number of amides is 1. The highest BCUT2D eigenvalue weighted by atomic mass is 16.1. The molecule has 1 aromatic carbocycles. The van der Waals surface area contributed by atoms with E-state index < -0.39 is 0 Å². The Bertz CT molecular complexity index is 612. The van der Waals surface area contributed by atoms with Gasteiger partial charge in [0.2, 0.25) is 0 Å². The van der Waals surface area contributed by atoms with Crippen LogP contribution >= 0.6 is 0 Å². The van der Waals surface area contributed by atoms with Gasteiger partial charge in [0.1, 0.15) is 11.6 Å². The molecule has 0 aromatic heterocycles. The Balaban J connectivity index is 2.66. The van der Waals surface area contributed by atoms with Crippen molar-refractivity contribution in [2.75, 3.05) is 27.2 Å². The van der Waals surface area contributed by atoms with Gasteiger partial charge in [-0.15, -0.1) is 0 Å². The normalized spacial score (nSPS) is 12.4. The van der Waals surface area contributed by atoms with Crippen LogP contribution in [0.3, 0.4) is 0 Å². The second-order valence-corrected chi connectivity index (χ2v) is 7.04. The molecule has 0 radical (unpaired) electrons. The van der Waals surface area contributed by atoms with Crippen LogP contribution in [0, 0.1) is 16.7 Å². The second kappa shape index (κ2) is 9.09. The van der Waals surface area contributed by atoms with E-state index in [1.807, 2.05) is 50.5 Å². The van der Waals surface area contributed by atoms with Crippen molar-refractivity contribution >= 4 is 5.91 Å². The van der Waals surface area contributed by atoms with Crippen molar-refractivity contribution in [3.05, 3.63) is 47.2 Å². The van der Waals surface area contributed by atoms with Crippen molar-refractivity contribution in [2.45, 2.75) is 27.3 Å². The molecule has 0 saturated heterocycles. The zero-order valence-corrected chi connectivity index (χ0v) is 15.3. The average molecular weight is 328 g/mol. The molecule has 0 bridgehead atoms. The molecule has 5 heteroatoms. The number of nitriles is 1. The molecule has 24 heavy (non-hydrogen) atoms. The maximum absolute atomic E-state index is 12.3. The standard InChI is InChI=1S/C19H28N4O/c1-15(22-13-19(2,3)14-23(4)5)17(11-20)18(24)21-12-16-9-7-6-8-10-16/h6-10,22H,12-14H2,1-5H3,(H,21,24)/b17-15+. The second-order valence-electron chi connectivity index (χ2n) is 7.04. The third-order valence-electron chi connectivity index (χ3n) is 3.59. The van der Waals surface area contributed by atoms with Crippen LogP contribution in [-0.2, 0) is 11.3 Å². The summed E-state index contributed by atoms with van der Waals surface area (Å²) >= 11 is 0. The maximum atomic E-state index is 12.3. The van der Waals surface area contributed by atoms with E-state index >= 15 is 0 Å². The number of rotatable bonds is 8. The molecule has 1 rings (SSSR count). The van der Waals surface area contributed by atoms with Gasteiger partial charge in [-0.2, -0.15) is 5.26 Å². The predicted octanol–water partition coefficient (Wildman–Crippen LogP) is 2.28. The fraction of sp³-hybridized carbons (Fsp3) is 0.474. The largest absolute Gasteiger partial charge is 0.387 e. The van der Waals surface area contributed by atoms with Crippen LogP contribution in [0.15, 0.2) is 41.6 Å². The lowest BCUT2D eigenvalue weighted by atomic mass is 9.92. The predicted molar refractivity (Wildman–Crippen MR) is 96.9 cm³/mol. The maximum Gasteiger partial charge on any atom is 0.263 e. The van der Waals surface area contributed by atoms with Gasteiger partial charge >= 0.3 is 0 Å². The Morgan fingerprint density at radius 2 is 1.83 bits per heavy atom. The summed E-state index contributed by atoms with van der Waals surface area (Å²) in [6, 6.07) is 11.6. The summed E-state index contributed by atoms with van der Waals surface area (Å²) in [5.74, 6) is -0.350. The Kier molecular flexibility index (Phi) is 7.47. The Morgan fingerprint density at radius 1 is 1.21 bits per heavy atom. The highest BCUT2D eigenvalue weighted by Crippen LogP contribution is 2.15. The van der Waals surface area contributed by atoms with E-state index in [0.29, 0.717) is 18.8 Å². The number of hydrogen-bond acceptors (Lipinski definition) is 4. The summed E-state index contributed by atoms with van der Waals surface area (Å²) < 4.78 is 0. The van der Waals surface area contributed by atoms with Crippen LogP contribution in [0.4, 0.5) is 0 Å².